The summed E-state index contributed by atoms with van der Waals surface area (Å²) in [6.07, 6.45) is -3.08. The zero-order valence-electron chi connectivity index (χ0n) is 14.8. The van der Waals surface area contributed by atoms with E-state index in [1.165, 1.54) is 23.0 Å². The largest absolute Gasteiger partial charge is 0.416 e. The van der Waals surface area contributed by atoms with Gasteiger partial charge in [0.1, 0.15) is 0 Å². The van der Waals surface area contributed by atoms with Gasteiger partial charge in [-0.1, -0.05) is 36.4 Å². The van der Waals surface area contributed by atoms with Crippen LogP contribution in [0.4, 0.5) is 13.2 Å². The van der Waals surface area contributed by atoms with Crippen molar-refractivity contribution in [3.8, 4) is 5.69 Å². The molecule has 0 saturated heterocycles. The van der Waals surface area contributed by atoms with E-state index in [2.05, 4.69) is 10.4 Å². The Morgan fingerprint density at radius 3 is 2.48 bits per heavy atom. The molecule has 3 aromatic rings. The summed E-state index contributed by atoms with van der Waals surface area (Å²) in [4.78, 5) is 12.6. The van der Waals surface area contributed by atoms with E-state index >= 15 is 0 Å². The van der Waals surface area contributed by atoms with Gasteiger partial charge in [-0.3, -0.25) is 4.79 Å². The third-order valence-corrected chi connectivity index (χ3v) is 4.32. The molecule has 7 heteroatoms. The lowest BCUT2D eigenvalue weighted by atomic mass is 10.1. The Bertz CT molecular complexity index is 949. The Hall–Kier alpha value is -3.09. The number of alkyl halides is 3. The fourth-order valence-corrected chi connectivity index (χ4v) is 2.81. The molecule has 140 valence electrons. The first-order valence-electron chi connectivity index (χ1n) is 8.35. The molecule has 0 bridgehead atoms. The Balaban J connectivity index is 1.84. The Morgan fingerprint density at radius 1 is 1.11 bits per heavy atom. The number of hydrogen-bond acceptors (Lipinski definition) is 2. The van der Waals surface area contributed by atoms with Crippen LogP contribution in [-0.4, -0.2) is 15.7 Å². The van der Waals surface area contributed by atoms with Gasteiger partial charge in [0.25, 0.3) is 5.91 Å². The predicted molar refractivity (Wildman–Crippen MR) is 95.6 cm³/mol. The van der Waals surface area contributed by atoms with E-state index in [0.29, 0.717) is 11.3 Å². The molecule has 1 aromatic heterocycles. The quantitative estimate of drug-likeness (QED) is 0.721. The van der Waals surface area contributed by atoms with Crippen molar-refractivity contribution in [3.63, 3.8) is 0 Å². The summed E-state index contributed by atoms with van der Waals surface area (Å²) < 4.78 is 40.1. The lowest BCUT2D eigenvalue weighted by Crippen LogP contribution is -2.27. The minimum atomic E-state index is -4.44. The van der Waals surface area contributed by atoms with Crippen molar-refractivity contribution >= 4 is 5.91 Å². The zero-order chi connectivity index (χ0) is 19.6. The number of aromatic nitrogens is 2. The molecule has 0 aliphatic rings. The maximum absolute atomic E-state index is 12.9. The summed E-state index contributed by atoms with van der Waals surface area (Å²) in [6.45, 7) is 3.51. The second-order valence-corrected chi connectivity index (χ2v) is 6.21. The number of nitrogens with zero attached hydrogens (tertiary/aromatic N) is 2. The van der Waals surface area contributed by atoms with Gasteiger partial charge in [0.15, 0.2) is 0 Å². The van der Waals surface area contributed by atoms with Crippen LogP contribution in [0.2, 0.25) is 0 Å². The van der Waals surface area contributed by atoms with Gasteiger partial charge in [-0.05, 0) is 37.6 Å². The van der Waals surface area contributed by atoms with Crippen LogP contribution in [-0.2, 0) is 6.18 Å². The third kappa shape index (κ3) is 4.02. The number of hydrogen-bond donors (Lipinski definition) is 1. The second kappa shape index (κ2) is 7.26. The number of carbonyl (C=O) groups excluding carboxylic acids is 1. The first kappa shape index (κ1) is 18.7. The standard InChI is InChI=1S/C20H18F3N3O/c1-13(15-7-4-3-5-8-15)25-19(27)18-12-24-26(14(18)2)17-10-6-9-16(11-17)20(21,22)23/h3-13H,1-2H3,(H,25,27)/t13-/m1/s1. The van der Waals surface area contributed by atoms with Gasteiger partial charge in [-0.2, -0.15) is 18.3 Å². The normalized spacial score (nSPS) is 12.6. The van der Waals surface area contributed by atoms with Crippen molar-refractivity contribution in [3.05, 3.63) is 83.2 Å². The topological polar surface area (TPSA) is 46.9 Å². The highest BCUT2D eigenvalue weighted by Gasteiger charge is 2.30. The fraction of sp³-hybridized carbons (Fsp3) is 0.200. The van der Waals surface area contributed by atoms with Crippen molar-refractivity contribution in [2.24, 2.45) is 0 Å². The molecule has 1 atom stereocenters. The number of amides is 1. The van der Waals surface area contributed by atoms with E-state index in [1.807, 2.05) is 37.3 Å². The summed E-state index contributed by atoms with van der Waals surface area (Å²) in [6, 6.07) is 14.1. The molecule has 1 amide bonds. The van der Waals surface area contributed by atoms with Crippen molar-refractivity contribution in [1.29, 1.82) is 0 Å². The van der Waals surface area contributed by atoms with E-state index in [1.54, 1.807) is 6.92 Å². The molecular weight excluding hydrogens is 355 g/mol. The van der Waals surface area contributed by atoms with Gasteiger partial charge in [0.05, 0.1) is 34.7 Å². The first-order chi connectivity index (χ1) is 12.8. The van der Waals surface area contributed by atoms with Crippen LogP contribution in [0.5, 0.6) is 0 Å². The fourth-order valence-electron chi connectivity index (χ4n) is 2.81. The second-order valence-electron chi connectivity index (χ2n) is 6.21. The zero-order valence-corrected chi connectivity index (χ0v) is 14.8. The number of carbonyl (C=O) groups is 1. The molecule has 0 radical (unpaired) electrons. The van der Waals surface area contributed by atoms with Crippen LogP contribution in [0.3, 0.4) is 0 Å². The van der Waals surface area contributed by atoms with Crippen molar-refractivity contribution in [1.82, 2.24) is 15.1 Å². The van der Waals surface area contributed by atoms with E-state index in [-0.39, 0.29) is 17.6 Å². The summed E-state index contributed by atoms with van der Waals surface area (Å²) in [5.41, 5.74) is 1.21. The van der Waals surface area contributed by atoms with E-state index in [9.17, 15) is 18.0 Å². The highest BCUT2D eigenvalue weighted by atomic mass is 19.4. The van der Waals surface area contributed by atoms with E-state index in [4.69, 9.17) is 0 Å². The molecule has 3 rings (SSSR count). The monoisotopic (exact) mass is 373 g/mol. The van der Waals surface area contributed by atoms with Crippen LogP contribution < -0.4 is 5.32 Å². The number of benzene rings is 2. The van der Waals surface area contributed by atoms with Crippen LogP contribution in [0.15, 0.2) is 60.8 Å². The minimum Gasteiger partial charge on any atom is -0.345 e. The predicted octanol–water partition coefficient (Wildman–Crippen LogP) is 4.69. The van der Waals surface area contributed by atoms with Gasteiger partial charge < -0.3 is 5.32 Å². The molecular formula is C20H18F3N3O. The van der Waals surface area contributed by atoms with Gasteiger partial charge in [-0.15, -0.1) is 0 Å². The maximum atomic E-state index is 12.9. The van der Waals surface area contributed by atoms with Crippen molar-refractivity contribution < 1.29 is 18.0 Å². The van der Waals surface area contributed by atoms with Crippen molar-refractivity contribution in [2.45, 2.75) is 26.1 Å². The molecule has 0 aliphatic carbocycles. The highest BCUT2D eigenvalue weighted by molar-refractivity contribution is 5.95. The Labute approximate surface area is 154 Å². The van der Waals surface area contributed by atoms with Gasteiger partial charge in [0, 0.05) is 0 Å². The van der Waals surface area contributed by atoms with Crippen LogP contribution in [0.25, 0.3) is 5.69 Å². The summed E-state index contributed by atoms with van der Waals surface area (Å²) in [7, 11) is 0. The average Bonchev–Trinajstić information content (AvgIpc) is 3.03. The molecule has 27 heavy (non-hydrogen) atoms. The lowest BCUT2D eigenvalue weighted by Gasteiger charge is -2.14. The van der Waals surface area contributed by atoms with Crippen molar-refractivity contribution in [2.75, 3.05) is 0 Å². The maximum Gasteiger partial charge on any atom is 0.416 e. The summed E-state index contributed by atoms with van der Waals surface area (Å²) in [5, 5.41) is 6.98. The molecule has 1 heterocycles. The van der Waals surface area contributed by atoms with Gasteiger partial charge >= 0.3 is 6.18 Å². The van der Waals surface area contributed by atoms with Crippen LogP contribution in [0, 0.1) is 6.92 Å². The SMILES string of the molecule is Cc1c(C(=O)N[C@H](C)c2ccccc2)cnn1-c1cccc(C(F)(F)F)c1. The molecule has 0 aliphatic heterocycles. The number of rotatable bonds is 4. The van der Waals surface area contributed by atoms with Crippen LogP contribution >= 0.6 is 0 Å². The Morgan fingerprint density at radius 2 is 1.81 bits per heavy atom. The molecule has 0 fully saturated rings. The summed E-state index contributed by atoms with van der Waals surface area (Å²) in [5.74, 6) is -0.331. The lowest BCUT2D eigenvalue weighted by molar-refractivity contribution is -0.137. The smallest absolute Gasteiger partial charge is 0.345 e. The van der Waals surface area contributed by atoms with E-state index in [0.717, 1.165) is 17.7 Å². The number of halogens is 3. The first-order valence-corrected chi connectivity index (χ1v) is 8.35. The molecule has 4 nitrogen and oxygen atoms in total. The molecule has 1 N–H and O–H groups in total. The third-order valence-electron chi connectivity index (χ3n) is 4.32. The van der Waals surface area contributed by atoms with E-state index < -0.39 is 11.7 Å². The molecule has 0 spiro atoms. The molecule has 0 saturated carbocycles. The van der Waals surface area contributed by atoms with Gasteiger partial charge in [0.2, 0.25) is 0 Å². The molecule has 2 aromatic carbocycles. The van der Waals surface area contributed by atoms with Crippen LogP contribution in [0.1, 0.15) is 40.1 Å². The summed E-state index contributed by atoms with van der Waals surface area (Å²) >= 11 is 0. The average molecular weight is 373 g/mol. The molecule has 0 unspecified atom stereocenters. The highest BCUT2D eigenvalue weighted by Crippen LogP contribution is 2.30. The minimum absolute atomic E-state index is 0.213. The van der Waals surface area contributed by atoms with Gasteiger partial charge in [-0.25, -0.2) is 4.68 Å². The Kier molecular flexibility index (Phi) is 5.03. The number of nitrogens with one attached hydrogen (secondary N) is 1.